The molecule has 1 saturated heterocycles. The van der Waals surface area contributed by atoms with E-state index in [0.717, 1.165) is 25.4 Å². The smallest absolute Gasteiger partial charge is 0.119 e. The van der Waals surface area contributed by atoms with Crippen LogP contribution in [0.1, 0.15) is 32.6 Å². The van der Waals surface area contributed by atoms with Crippen molar-refractivity contribution in [2.24, 2.45) is 0 Å². The van der Waals surface area contributed by atoms with Crippen molar-refractivity contribution in [2.45, 2.75) is 44.7 Å². The second-order valence-corrected chi connectivity index (χ2v) is 5.53. The summed E-state index contributed by atoms with van der Waals surface area (Å²) in [7, 11) is 0. The molecule has 1 aliphatic carbocycles. The van der Waals surface area contributed by atoms with Gasteiger partial charge in [0.25, 0.3) is 0 Å². The molecule has 3 rings (SSSR count). The number of benzene rings is 1. The minimum absolute atomic E-state index is 0.681. The highest BCUT2D eigenvalue weighted by Crippen LogP contribution is 2.30. The molecule has 1 N–H and O–H groups in total. The summed E-state index contributed by atoms with van der Waals surface area (Å²) in [4.78, 5) is 2.59. The fourth-order valence-corrected chi connectivity index (χ4v) is 3.48. The number of nitrogens with one attached hydrogen (secondary N) is 1. The standard InChI is InChI=1S/C16H24N2O/c1-2-19-14-9-7-13(8-10-14)18-12-11-17-15-5-3-4-6-16(15)18/h7-10,15-17H,2-6,11-12H2,1H3/t15-,16+/m1/s1. The Bertz CT molecular complexity index is 402. The number of hydrogen-bond donors (Lipinski definition) is 1. The Morgan fingerprint density at radius 3 is 2.79 bits per heavy atom. The van der Waals surface area contributed by atoms with Gasteiger partial charge in [-0.2, -0.15) is 0 Å². The fourth-order valence-electron chi connectivity index (χ4n) is 3.48. The Hall–Kier alpha value is -1.22. The lowest BCUT2D eigenvalue weighted by Crippen LogP contribution is -2.59. The Morgan fingerprint density at radius 2 is 2.00 bits per heavy atom. The van der Waals surface area contributed by atoms with E-state index in [-0.39, 0.29) is 0 Å². The molecule has 1 aliphatic heterocycles. The van der Waals surface area contributed by atoms with Crippen LogP contribution >= 0.6 is 0 Å². The van der Waals surface area contributed by atoms with Crippen LogP contribution in [-0.4, -0.2) is 31.8 Å². The molecular formula is C16H24N2O. The number of nitrogens with zero attached hydrogens (tertiary/aromatic N) is 1. The Labute approximate surface area is 115 Å². The normalized spacial score (nSPS) is 26.9. The summed E-state index contributed by atoms with van der Waals surface area (Å²) < 4.78 is 5.52. The molecule has 19 heavy (non-hydrogen) atoms. The van der Waals surface area contributed by atoms with Gasteiger partial charge in [0.2, 0.25) is 0 Å². The van der Waals surface area contributed by atoms with Crippen molar-refractivity contribution < 1.29 is 4.74 Å². The van der Waals surface area contributed by atoms with E-state index < -0.39 is 0 Å². The van der Waals surface area contributed by atoms with Gasteiger partial charge in [0, 0.05) is 30.9 Å². The first-order valence-electron chi connectivity index (χ1n) is 7.61. The second-order valence-electron chi connectivity index (χ2n) is 5.53. The van der Waals surface area contributed by atoms with E-state index in [4.69, 9.17) is 4.74 Å². The summed E-state index contributed by atoms with van der Waals surface area (Å²) in [5, 5.41) is 3.69. The average Bonchev–Trinajstić information content (AvgIpc) is 2.48. The van der Waals surface area contributed by atoms with Crippen LogP contribution in [0.15, 0.2) is 24.3 Å². The second kappa shape index (κ2) is 5.83. The molecule has 1 aromatic rings. The molecule has 1 saturated carbocycles. The maximum absolute atomic E-state index is 5.52. The molecule has 0 amide bonds. The van der Waals surface area contributed by atoms with Crippen LogP contribution in [-0.2, 0) is 0 Å². The highest BCUT2D eigenvalue weighted by atomic mass is 16.5. The Balaban J connectivity index is 1.75. The van der Waals surface area contributed by atoms with Gasteiger partial charge in [0.05, 0.1) is 6.61 Å². The maximum Gasteiger partial charge on any atom is 0.119 e. The molecule has 3 heteroatoms. The van der Waals surface area contributed by atoms with Gasteiger partial charge in [0.15, 0.2) is 0 Å². The van der Waals surface area contributed by atoms with Crippen molar-refractivity contribution in [1.29, 1.82) is 0 Å². The monoisotopic (exact) mass is 260 g/mol. The van der Waals surface area contributed by atoms with Crippen molar-refractivity contribution in [1.82, 2.24) is 5.32 Å². The molecule has 2 atom stereocenters. The zero-order valence-corrected chi connectivity index (χ0v) is 11.8. The molecular weight excluding hydrogens is 236 g/mol. The molecule has 2 aliphatic rings. The maximum atomic E-state index is 5.52. The minimum Gasteiger partial charge on any atom is -0.494 e. The third-order valence-electron chi connectivity index (χ3n) is 4.37. The van der Waals surface area contributed by atoms with E-state index in [1.807, 2.05) is 6.92 Å². The third-order valence-corrected chi connectivity index (χ3v) is 4.37. The first-order valence-corrected chi connectivity index (χ1v) is 7.61. The van der Waals surface area contributed by atoms with E-state index in [9.17, 15) is 0 Å². The Kier molecular flexibility index (Phi) is 3.92. The SMILES string of the molecule is CCOc1ccc(N2CCN[C@@H]3CCCC[C@@H]32)cc1. The van der Waals surface area contributed by atoms with Crippen LogP contribution in [0.5, 0.6) is 5.75 Å². The number of ether oxygens (including phenoxy) is 1. The molecule has 0 spiro atoms. The Morgan fingerprint density at radius 1 is 1.21 bits per heavy atom. The number of rotatable bonds is 3. The highest BCUT2D eigenvalue weighted by molar-refractivity contribution is 5.51. The van der Waals surface area contributed by atoms with Gasteiger partial charge in [-0.1, -0.05) is 12.8 Å². The molecule has 1 heterocycles. The largest absolute Gasteiger partial charge is 0.494 e. The number of hydrogen-bond acceptors (Lipinski definition) is 3. The quantitative estimate of drug-likeness (QED) is 0.904. The van der Waals surface area contributed by atoms with Crippen molar-refractivity contribution >= 4 is 5.69 Å². The van der Waals surface area contributed by atoms with Crippen LogP contribution in [0.4, 0.5) is 5.69 Å². The molecule has 0 unspecified atom stereocenters. The first kappa shape index (κ1) is 12.8. The molecule has 2 fully saturated rings. The zero-order valence-electron chi connectivity index (χ0n) is 11.8. The zero-order chi connectivity index (χ0) is 13.1. The predicted molar refractivity (Wildman–Crippen MR) is 79.0 cm³/mol. The molecule has 3 nitrogen and oxygen atoms in total. The van der Waals surface area contributed by atoms with Gasteiger partial charge in [-0.15, -0.1) is 0 Å². The lowest BCUT2D eigenvalue weighted by molar-refractivity contribution is 0.284. The summed E-state index contributed by atoms with van der Waals surface area (Å²) in [6.07, 6.45) is 5.41. The van der Waals surface area contributed by atoms with Crippen LogP contribution in [0, 0.1) is 0 Å². The van der Waals surface area contributed by atoms with Gasteiger partial charge >= 0.3 is 0 Å². The predicted octanol–water partition coefficient (Wildman–Crippen LogP) is 2.81. The minimum atomic E-state index is 0.681. The van der Waals surface area contributed by atoms with Gasteiger partial charge in [-0.3, -0.25) is 0 Å². The summed E-state index contributed by atoms with van der Waals surface area (Å²) in [5.41, 5.74) is 1.35. The van der Waals surface area contributed by atoms with Gasteiger partial charge in [0.1, 0.15) is 5.75 Å². The first-order chi connectivity index (χ1) is 9.38. The van der Waals surface area contributed by atoms with Crippen molar-refractivity contribution in [3.63, 3.8) is 0 Å². The van der Waals surface area contributed by atoms with E-state index >= 15 is 0 Å². The number of anilines is 1. The molecule has 104 valence electrons. The van der Waals surface area contributed by atoms with E-state index in [0.29, 0.717) is 12.1 Å². The van der Waals surface area contributed by atoms with Crippen LogP contribution in [0.3, 0.4) is 0 Å². The van der Waals surface area contributed by atoms with Crippen LogP contribution < -0.4 is 15.0 Å². The summed E-state index contributed by atoms with van der Waals surface area (Å²) in [5.74, 6) is 0.974. The highest BCUT2D eigenvalue weighted by Gasteiger charge is 2.32. The lowest BCUT2D eigenvalue weighted by atomic mass is 9.87. The summed E-state index contributed by atoms with van der Waals surface area (Å²) >= 11 is 0. The average molecular weight is 260 g/mol. The number of fused-ring (bicyclic) bond motifs is 1. The summed E-state index contributed by atoms with van der Waals surface area (Å²) in [6, 6.07) is 9.98. The summed E-state index contributed by atoms with van der Waals surface area (Å²) in [6.45, 7) is 4.98. The van der Waals surface area contributed by atoms with Gasteiger partial charge in [-0.25, -0.2) is 0 Å². The van der Waals surface area contributed by atoms with Crippen molar-refractivity contribution in [3.8, 4) is 5.75 Å². The molecule has 0 radical (unpaired) electrons. The van der Waals surface area contributed by atoms with Gasteiger partial charge < -0.3 is 15.0 Å². The van der Waals surface area contributed by atoms with E-state index in [1.165, 1.54) is 31.4 Å². The lowest BCUT2D eigenvalue weighted by Gasteiger charge is -2.46. The molecule has 0 bridgehead atoms. The van der Waals surface area contributed by atoms with E-state index in [1.54, 1.807) is 0 Å². The van der Waals surface area contributed by atoms with Crippen molar-refractivity contribution in [2.75, 3.05) is 24.6 Å². The molecule has 1 aromatic carbocycles. The molecule has 0 aromatic heterocycles. The number of piperazine rings is 1. The fraction of sp³-hybridized carbons (Fsp3) is 0.625. The van der Waals surface area contributed by atoms with E-state index in [2.05, 4.69) is 34.5 Å². The van der Waals surface area contributed by atoms with Crippen LogP contribution in [0.2, 0.25) is 0 Å². The van der Waals surface area contributed by atoms with Crippen LogP contribution in [0.25, 0.3) is 0 Å². The van der Waals surface area contributed by atoms with Gasteiger partial charge in [-0.05, 0) is 44.0 Å². The van der Waals surface area contributed by atoms with Crippen molar-refractivity contribution in [3.05, 3.63) is 24.3 Å². The third kappa shape index (κ3) is 2.71. The topological polar surface area (TPSA) is 24.5 Å².